The Hall–Kier alpha value is -1.17. The second kappa shape index (κ2) is 5.96. The second-order valence-corrected chi connectivity index (χ2v) is 24.0. The van der Waals surface area contributed by atoms with Crippen molar-refractivity contribution in [1.82, 2.24) is 4.90 Å². The monoisotopic (exact) mass is 452 g/mol. The van der Waals surface area contributed by atoms with Crippen molar-refractivity contribution in [2.24, 2.45) is 5.92 Å². The molecule has 1 saturated carbocycles. The molecule has 3 aliphatic rings. The van der Waals surface area contributed by atoms with Gasteiger partial charge in [0, 0.05) is 11.2 Å². The minimum absolute atomic E-state index is 0.0343. The van der Waals surface area contributed by atoms with Crippen LogP contribution in [0.2, 0.25) is 39.3 Å². The van der Waals surface area contributed by atoms with Gasteiger partial charge < -0.3 is 10.0 Å². The Bertz CT molecular complexity index is 971. The molecule has 29 heavy (non-hydrogen) atoms. The van der Waals surface area contributed by atoms with Gasteiger partial charge in [0.25, 0.3) is 0 Å². The third-order valence-electron chi connectivity index (χ3n) is 6.88. The molecule has 1 saturated heterocycles. The maximum atomic E-state index is 13.8. The summed E-state index contributed by atoms with van der Waals surface area (Å²) >= 11 is 0. The molecule has 0 radical (unpaired) electrons. The van der Waals surface area contributed by atoms with E-state index in [1.165, 1.54) is 10.6 Å². The van der Waals surface area contributed by atoms with Crippen molar-refractivity contribution < 1.29 is 18.3 Å². The van der Waals surface area contributed by atoms with Crippen LogP contribution in [0.4, 0.5) is 5.69 Å². The lowest BCUT2D eigenvalue weighted by molar-refractivity contribution is -0.132. The number of hydrogen-bond donors (Lipinski definition) is 1. The molecule has 0 unspecified atom stereocenters. The standard InChI is InChI=1S/C20H32N2O4SSi2/c1-27(25,26)22-14-11-9-8-10-13(14)16-17-18(24)21(15(12-23)20(16,17)22)19(28(2,3)4)29(5,6)7/h8-11,15-17,19,23H,12H2,1-7H3/t15-,16+,17-,20+/m0/s1. The molecule has 1 aromatic rings. The number of nitrogens with zero attached hydrogens (tertiary/aromatic N) is 2. The van der Waals surface area contributed by atoms with Gasteiger partial charge in [-0.05, 0) is 11.6 Å². The Morgan fingerprint density at radius 1 is 1.07 bits per heavy atom. The van der Waals surface area contributed by atoms with Crippen LogP contribution < -0.4 is 4.31 Å². The van der Waals surface area contributed by atoms with Gasteiger partial charge in [-0.1, -0.05) is 57.5 Å². The van der Waals surface area contributed by atoms with E-state index in [0.717, 1.165) is 5.56 Å². The first kappa shape index (κ1) is 21.1. The molecule has 4 atom stereocenters. The molecule has 9 heteroatoms. The molecule has 160 valence electrons. The van der Waals surface area contributed by atoms with Gasteiger partial charge in [0.15, 0.2) is 0 Å². The number of rotatable bonds is 5. The summed E-state index contributed by atoms with van der Waals surface area (Å²) < 4.78 is 27.4. The number of amides is 1. The topological polar surface area (TPSA) is 77.9 Å². The molecular weight excluding hydrogens is 420 g/mol. The van der Waals surface area contributed by atoms with Crippen LogP contribution in [0.1, 0.15) is 11.5 Å². The van der Waals surface area contributed by atoms with E-state index >= 15 is 0 Å². The number of sulfonamides is 1. The van der Waals surface area contributed by atoms with Crippen LogP contribution in [0.15, 0.2) is 24.3 Å². The molecule has 1 spiro atoms. The van der Waals surface area contributed by atoms with Crippen LogP contribution in [0.25, 0.3) is 0 Å². The third kappa shape index (κ3) is 2.60. The van der Waals surface area contributed by atoms with Gasteiger partial charge in [0.1, 0.15) is 0 Å². The average Bonchev–Trinajstić information content (AvgIpc) is 3.00. The van der Waals surface area contributed by atoms with Crippen molar-refractivity contribution in [2.75, 3.05) is 17.2 Å². The largest absolute Gasteiger partial charge is 0.394 e. The molecule has 1 amide bonds. The molecule has 6 nitrogen and oxygen atoms in total. The molecule has 1 aromatic carbocycles. The quantitative estimate of drug-likeness (QED) is 0.695. The van der Waals surface area contributed by atoms with Gasteiger partial charge in [-0.25, -0.2) is 8.42 Å². The fraction of sp³-hybridized carbons (Fsp3) is 0.650. The Labute approximate surface area is 176 Å². The highest BCUT2D eigenvalue weighted by molar-refractivity contribution is 7.92. The molecule has 0 aromatic heterocycles. The minimum Gasteiger partial charge on any atom is -0.394 e. The lowest BCUT2D eigenvalue weighted by atomic mass is 10.0. The van der Waals surface area contributed by atoms with Crippen LogP contribution in [0.3, 0.4) is 0 Å². The predicted octanol–water partition coefficient (Wildman–Crippen LogP) is 2.24. The maximum absolute atomic E-state index is 13.8. The first-order chi connectivity index (χ1) is 13.2. The molecule has 1 aliphatic carbocycles. The predicted molar refractivity (Wildman–Crippen MR) is 121 cm³/mol. The first-order valence-electron chi connectivity index (χ1n) is 10.2. The molecule has 1 N–H and O–H groups in total. The molecule has 2 heterocycles. The summed E-state index contributed by atoms with van der Waals surface area (Å²) in [7, 11) is -7.21. The van der Waals surface area contributed by atoms with Crippen LogP contribution in [-0.2, 0) is 14.8 Å². The van der Waals surface area contributed by atoms with E-state index in [9.17, 15) is 18.3 Å². The van der Waals surface area contributed by atoms with Crippen molar-refractivity contribution in [1.29, 1.82) is 0 Å². The Balaban J connectivity index is 1.91. The molecule has 0 bridgehead atoms. The number of likely N-dealkylation sites (tertiary alicyclic amines) is 1. The summed E-state index contributed by atoms with van der Waals surface area (Å²) in [5, 5.41) is 10.7. The summed E-state index contributed by atoms with van der Waals surface area (Å²) in [5.74, 6) is -0.509. The summed E-state index contributed by atoms with van der Waals surface area (Å²) in [6.45, 7) is 13.4. The smallest absolute Gasteiger partial charge is 0.232 e. The van der Waals surface area contributed by atoms with Crippen molar-refractivity contribution in [3.05, 3.63) is 29.8 Å². The number of fused-ring (bicyclic) bond motifs is 3. The summed E-state index contributed by atoms with van der Waals surface area (Å²) in [5.41, 5.74) is 0.717. The summed E-state index contributed by atoms with van der Waals surface area (Å²) in [6.07, 6.45) is 1.21. The van der Waals surface area contributed by atoms with E-state index in [1.807, 2.05) is 29.2 Å². The molecule has 4 rings (SSSR count). The highest BCUT2D eigenvalue weighted by atomic mass is 32.2. The molecular formula is C20H32N2O4SSi2. The Morgan fingerprint density at radius 2 is 1.62 bits per heavy atom. The minimum atomic E-state index is -3.61. The van der Waals surface area contributed by atoms with Gasteiger partial charge in [-0.2, -0.15) is 0 Å². The van der Waals surface area contributed by atoms with Gasteiger partial charge in [-0.3, -0.25) is 9.10 Å². The SMILES string of the molecule is C[Si](C)(C)C(N1C(=O)[C@@H]2[C@H]3c4ccccc4N(S(C)(=O)=O)[C@@]23[C@@H]1CO)[Si](C)(C)C. The molecule has 2 aliphatic heterocycles. The number of para-hydroxylation sites is 1. The van der Waals surface area contributed by atoms with Crippen molar-refractivity contribution in [3.63, 3.8) is 0 Å². The molecule has 2 fully saturated rings. The van der Waals surface area contributed by atoms with Crippen LogP contribution in [-0.4, -0.2) is 70.2 Å². The Kier molecular flexibility index (Phi) is 4.33. The first-order valence-corrected chi connectivity index (χ1v) is 19.2. The van der Waals surface area contributed by atoms with E-state index in [-0.39, 0.29) is 29.6 Å². The van der Waals surface area contributed by atoms with Crippen molar-refractivity contribution in [2.45, 2.75) is 62.1 Å². The lowest BCUT2D eigenvalue weighted by Crippen LogP contribution is -2.68. The zero-order valence-electron chi connectivity index (χ0n) is 18.3. The van der Waals surface area contributed by atoms with Crippen molar-refractivity contribution >= 4 is 37.8 Å². The van der Waals surface area contributed by atoms with E-state index in [4.69, 9.17) is 0 Å². The van der Waals surface area contributed by atoms with E-state index < -0.39 is 37.8 Å². The highest BCUT2D eigenvalue weighted by Gasteiger charge is 2.86. The van der Waals surface area contributed by atoms with Crippen LogP contribution in [0.5, 0.6) is 0 Å². The zero-order chi connectivity index (χ0) is 21.7. The normalized spacial score (nSPS) is 31.2. The summed E-state index contributed by atoms with van der Waals surface area (Å²) in [6, 6.07) is 6.99. The van der Waals surface area contributed by atoms with Gasteiger partial charge in [-0.15, -0.1) is 0 Å². The van der Waals surface area contributed by atoms with Crippen LogP contribution >= 0.6 is 0 Å². The third-order valence-corrected chi connectivity index (χ3v) is 17.1. The average molecular weight is 453 g/mol. The number of hydrogen-bond acceptors (Lipinski definition) is 4. The maximum Gasteiger partial charge on any atom is 0.232 e. The van der Waals surface area contributed by atoms with E-state index in [1.54, 1.807) is 0 Å². The zero-order valence-corrected chi connectivity index (χ0v) is 21.1. The van der Waals surface area contributed by atoms with E-state index in [0.29, 0.717) is 5.69 Å². The lowest BCUT2D eigenvalue weighted by Gasteiger charge is -2.49. The number of aliphatic hydroxyl groups is 1. The number of piperidine rings is 1. The fourth-order valence-electron chi connectivity index (χ4n) is 6.79. The number of aliphatic hydroxyl groups excluding tert-OH is 1. The van der Waals surface area contributed by atoms with Crippen molar-refractivity contribution in [3.8, 4) is 0 Å². The van der Waals surface area contributed by atoms with Gasteiger partial charge in [0.2, 0.25) is 15.9 Å². The van der Waals surface area contributed by atoms with Gasteiger partial charge >= 0.3 is 0 Å². The summed E-state index contributed by atoms with van der Waals surface area (Å²) in [4.78, 5) is 15.7. The Morgan fingerprint density at radius 3 is 2.10 bits per heavy atom. The number of benzene rings is 1. The highest BCUT2D eigenvalue weighted by Crippen LogP contribution is 2.75. The number of carbonyl (C=O) groups is 1. The van der Waals surface area contributed by atoms with Gasteiger partial charge in [0.05, 0.1) is 52.2 Å². The number of anilines is 1. The van der Waals surface area contributed by atoms with E-state index in [2.05, 4.69) is 39.3 Å². The second-order valence-electron chi connectivity index (χ2n) is 11.0. The fourth-order valence-corrected chi connectivity index (χ4v) is 20.9. The van der Waals surface area contributed by atoms with Crippen LogP contribution in [0, 0.1) is 5.92 Å². The number of carbonyl (C=O) groups excluding carboxylic acids is 1.